The van der Waals surface area contributed by atoms with Gasteiger partial charge in [0.2, 0.25) is 0 Å². The van der Waals surface area contributed by atoms with Crippen LogP contribution in [0.3, 0.4) is 0 Å². The number of aromatic hydroxyl groups is 1. The monoisotopic (exact) mass is 278 g/mol. The van der Waals surface area contributed by atoms with E-state index in [9.17, 15) is 15.3 Å². The predicted molar refractivity (Wildman–Crippen MR) is 79.7 cm³/mol. The zero-order valence-electron chi connectivity index (χ0n) is 12.1. The zero-order valence-corrected chi connectivity index (χ0v) is 12.1. The van der Waals surface area contributed by atoms with Crippen molar-refractivity contribution >= 4 is 6.08 Å². The highest BCUT2D eigenvalue weighted by molar-refractivity contribution is 5.56. The highest BCUT2D eigenvalue weighted by Crippen LogP contribution is 2.29. The van der Waals surface area contributed by atoms with Crippen LogP contribution in [-0.4, -0.2) is 34.6 Å². The van der Waals surface area contributed by atoms with Gasteiger partial charge in [0.1, 0.15) is 0 Å². The summed E-state index contributed by atoms with van der Waals surface area (Å²) in [4.78, 5) is 0. The molecule has 0 spiro atoms. The molecule has 0 saturated carbocycles. The molecule has 4 heteroatoms. The average Bonchev–Trinajstić information content (AvgIpc) is 2.44. The van der Waals surface area contributed by atoms with Gasteiger partial charge in [-0.1, -0.05) is 38.1 Å². The molecule has 2 atom stereocenters. The van der Waals surface area contributed by atoms with E-state index in [0.717, 1.165) is 5.56 Å². The first kappa shape index (κ1) is 16.3. The van der Waals surface area contributed by atoms with Crippen molar-refractivity contribution in [2.24, 2.45) is 5.41 Å². The van der Waals surface area contributed by atoms with E-state index in [1.165, 1.54) is 19.3 Å². The summed E-state index contributed by atoms with van der Waals surface area (Å²) in [5, 5.41) is 29.5. The van der Waals surface area contributed by atoms with Crippen LogP contribution in [0.15, 0.2) is 36.9 Å². The van der Waals surface area contributed by atoms with Crippen LogP contribution < -0.4 is 4.74 Å². The molecule has 4 nitrogen and oxygen atoms in total. The fraction of sp³-hybridized carbons (Fsp3) is 0.375. The Balaban J connectivity index is 2.89. The fourth-order valence-electron chi connectivity index (χ4n) is 1.73. The molecule has 1 rings (SSSR count). The molecule has 20 heavy (non-hydrogen) atoms. The predicted octanol–water partition coefficient (Wildman–Crippen LogP) is 2.35. The normalized spacial score (nSPS) is 15.1. The summed E-state index contributed by atoms with van der Waals surface area (Å²) in [6.45, 7) is 7.04. The SMILES string of the molecule is C=CC(O)C(C)(C)C(O)/C=C/c1ccc(O)c(OC)c1. The lowest BCUT2D eigenvalue weighted by molar-refractivity contribution is 0.000271. The first-order valence-corrected chi connectivity index (χ1v) is 6.36. The van der Waals surface area contributed by atoms with Crippen molar-refractivity contribution < 1.29 is 20.1 Å². The first-order valence-electron chi connectivity index (χ1n) is 6.36. The number of methoxy groups -OCH3 is 1. The number of hydrogen-bond acceptors (Lipinski definition) is 4. The van der Waals surface area contributed by atoms with Crippen molar-refractivity contribution in [1.29, 1.82) is 0 Å². The Morgan fingerprint density at radius 2 is 1.90 bits per heavy atom. The molecule has 3 N–H and O–H groups in total. The molecular formula is C16H22O4. The van der Waals surface area contributed by atoms with Gasteiger partial charge >= 0.3 is 0 Å². The minimum atomic E-state index is -0.838. The average molecular weight is 278 g/mol. The molecule has 1 aromatic carbocycles. The lowest BCUT2D eigenvalue weighted by Crippen LogP contribution is -2.38. The third-order valence-electron chi connectivity index (χ3n) is 3.42. The second-order valence-corrected chi connectivity index (χ2v) is 5.24. The van der Waals surface area contributed by atoms with Gasteiger partial charge in [0, 0.05) is 5.41 Å². The summed E-state index contributed by atoms with van der Waals surface area (Å²) in [6, 6.07) is 4.89. The van der Waals surface area contributed by atoms with Crippen LogP contribution in [0, 0.1) is 5.41 Å². The lowest BCUT2D eigenvalue weighted by Gasteiger charge is -2.31. The number of aliphatic hydroxyl groups is 2. The molecule has 2 unspecified atom stereocenters. The van der Waals surface area contributed by atoms with Crippen molar-refractivity contribution in [2.75, 3.05) is 7.11 Å². The maximum atomic E-state index is 10.1. The van der Waals surface area contributed by atoms with Crippen molar-refractivity contribution in [2.45, 2.75) is 26.1 Å². The highest BCUT2D eigenvalue weighted by atomic mass is 16.5. The Labute approximate surface area is 119 Å². The number of aliphatic hydroxyl groups excluding tert-OH is 2. The molecule has 0 aliphatic carbocycles. The molecule has 110 valence electrons. The van der Waals surface area contributed by atoms with Gasteiger partial charge in [-0.3, -0.25) is 0 Å². The van der Waals surface area contributed by atoms with E-state index in [1.807, 2.05) is 0 Å². The second-order valence-electron chi connectivity index (χ2n) is 5.24. The van der Waals surface area contributed by atoms with Crippen LogP contribution in [0.2, 0.25) is 0 Å². The molecular weight excluding hydrogens is 256 g/mol. The molecule has 0 fully saturated rings. The summed E-state index contributed by atoms with van der Waals surface area (Å²) < 4.78 is 5.02. The molecule has 1 aromatic rings. The third-order valence-corrected chi connectivity index (χ3v) is 3.42. The van der Waals surface area contributed by atoms with Crippen LogP contribution in [0.1, 0.15) is 19.4 Å². The van der Waals surface area contributed by atoms with E-state index in [1.54, 1.807) is 38.1 Å². The van der Waals surface area contributed by atoms with Gasteiger partial charge in [0.15, 0.2) is 11.5 Å². The second kappa shape index (κ2) is 6.59. The Morgan fingerprint density at radius 1 is 1.25 bits per heavy atom. The van der Waals surface area contributed by atoms with Crippen LogP contribution in [0.25, 0.3) is 6.08 Å². The Morgan fingerprint density at radius 3 is 2.45 bits per heavy atom. The van der Waals surface area contributed by atoms with E-state index in [4.69, 9.17) is 4.74 Å². The van der Waals surface area contributed by atoms with Gasteiger partial charge in [-0.25, -0.2) is 0 Å². The summed E-state index contributed by atoms with van der Waals surface area (Å²) in [5.74, 6) is 0.430. The largest absolute Gasteiger partial charge is 0.504 e. The maximum absolute atomic E-state index is 10.1. The Bertz CT molecular complexity index is 491. The molecule has 0 bridgehead atoms. The smallest absolute Gasteiger partial charge is 0.161 e. The standard InChI is InChI=1S/C16H22O4/c1-5-14(18)16(2,3)15(19)9-7-11-6-8-12(17)13(10-11)20-4/h5-10,14-15,17-19H,1H2,2-4H3/b9-7+. The number of rotatable bonds is 6. The van der Waals surface area contributed by atoms with Crippen molar-refractivity contribution in [3.05, 3.63) is 42.5 Å². The third kappa shape index (κ3) is 3.62. The molecule has 0 aliphatic heterocycles. The first-order chi connectivity index (χ1) is 9.32. The van der Waals surface area contributed by atoms with Crippen LogP contribution in [0.4, 0.5) is 0 Å². The van der Waals surface area contributed by atoms with Gasteiger partial charge < -0.3 is 20.1 Å². The van der Waals surface area contributed by atoms with Gasteiger partial charge in [-0.15, -0.1) is 6.58 Å². The number of hydrogen-bond donors (Lipinski definition) is 3. The van der Waals surface area contributed by atoms with Crippen LogP contribution >= 0.6 is 0 Å². The van der Waals surface area contributed by atoms with Gasteiger partial charge in [-0.05, 0) is 17.7 Å². The van der Waals surface area contributed by atoms with E-state index in [0.29, 0.717) is 5.75 Å². The Kier molecular flexibility index (Phi) is 5.36. The summed E-state index contributed by atoms with van der Waals surface area (Å²) >= 11 is 0. The molecule has 0 aliphatic rings. The van der Waals surface area contributed by atoms with E-state index >= 15 is 0 Å². The van der Waals surface area contributed by atoms with E-state index < -0.39 is 17.6 Å². The summed E-state index contributed by atoms with van der Waals surface area (Å²) in [5.41, 5.74) is 0.0433. The number of benzene rings is 1. The number of phenolic OH excluding ortho intramolecular Hbond substituents is 1. The molecule has 0 radical (unpaired) electrons. The lowest BCUT2D eigenvalue weighted by atomic mass is 9.80. The number of ether oxygens (including phenoxy) is 1. The molecule has 0 saturated heterocycles. The number of phenols is 1. The zero-order chi connectivity index (χ0) is 15.3. The highest BCUT2D eigenvalue weighted by Gasteiger charge is 2.32. The van der Waals surface area contributed by atoms with Crippen molar-refractivity contribution in [1.82, 2.24) is 0 Å². The summed E-state index contributed by atoms with van der Waals surface area (Å²) in [6.07, 6.45) is 3.07. The molecule has 0 heterocycles. The topological polar surface area (TPSA) is 69.9 Å². The van der Waals surface area contributed by atoms with Crippen molar-refractivity contribution in [3.8, 4) is 11.5 Å². The Hall–Kier alpha value is -1.78. The van der Waals surface area contributed by atoms with Crippen LogP contribution in [0.5, 0.6) is 11.5 Å². The molecule has 0 amide bonds. The van der Waals surface area contributed by atoms with Gasteiger partial charge in [-0.2, -0.15) is 0 Å². The summed E-state index contributed by atoms with van der Waals surface area (Å²) in [7, 11) is 1.47. The van der Waals surface area contributed by atoms with E-state index in [2.05, 4.69) is 6.58 Å². The van der Waals surface area contributed by atoms with Gasteiger partial charge in [0.05, 0.1) is 19.3 Å². The van der Waals surface area contributed by atoms with E-state index in [-0.39, 0.29) is 5.75 Å². The molecule has 0 aromatic heterocycles. The minimum absolute atomic E-state index is 0.0626. The minimum Gasteiger partial charge on any atom is -0.504 e. The van der Waals surface area contributed by atoms with Crippen molar-refractivity contribution in [3.63, 3.8) is 0 Å². The maximum Gasteiger partial charge on any atom is 0.161 e. The van der Waals surface area contributed by atoms with Crippen LogP contribution in [-0.2, 0) is 0 Å². The van der Waals surface area contributed by atoms with Gasteiger partial charge in [0.25, 0.3) is 0 Å². The fourth-order valence-corrected chi connectivity index (χ4v) is 1.73. The quantitative estimate of drug-likeness (QED) is 0.699.